The van der Waals surface area contributed by atoms with Crippen molar-refractivity contribution in [3.8, 4) is 0 Å². The molecule has 0 aromatic rings. The molecule has 62 valence electrons. The van der Waals surface area contributed by atoms with Gasteiger partial charge in [0.25, 0.3) is 0 Å². The summed E-state index contributed by atoms with van der Waals surface area (Å²) in [7, 11) is 0. The molecule has 0 bridgehead atoms. The van der Waals surface area contributed by atoms with Crippen LogP contribution >= 0.6 is 0 Å². The van der Waals surface area contributed by atoms with Crippen LogP contribution in [0.25, 0.3) is 0 Å². The first-order chi connectivity index (χ1) is 5.34. The van der Waals surface area contributed by atoms with Gasteiger partial charge in [-0.3, -0.25) is 4.79 Å². The predicted molar refractivity (Wildman–Crippen MR) is 39.7 cm³/mol. The fourth-order valence-corrected chi connectivity index (χ4v) is 1.16. The topological polar surface area (TPSA) is 46.5 Å². The van der Waals surface area contributed by atoms with E-state index in [4.69, 9.17) is 5.11 Å². The van der Waals surface area contributed by atoms with E-state index in [0.29, 0.717) is 12.0 Å². The maximum atomic E-state index is 11.1. The summed E-state index contributed by atoms with van der Waals surface area (Å²) in [5, 5.41) is 8.31. The summed E-state index contributed by atoms with van der Waals surface area (Å²) in [6.45, 7) is -0.350. The zero-order chi connectivity index (χ0) is 8.10. The lowest BCUT2D eigenvalue weighted by Crippen LogP contribution is -2.08. The molecule has 0 unspecified atom stereocenters. The molecule has 3 heteroatoms. The molecule has 0 aromatic carbocycles. The monoisotopic (exact) mass is 156 g/mol. The fourth-order valence-electron chi connectivity index (χ4n) is 1.16. The Kier molecular flexibility index (Phi) is 3.11. The summed E-state index contributed by atoms with van der Waals surface area (Å²) < 4.78 is 4.62. The van der Waals surface area contributed by atoms with Gasteiger partial charge in [0.05, 0.1) is 6.26 Å². The molecule has 0 aliphatic heterocycles. The number of hydrogen-bond acceptors (Lipinski definition) is 3. The Hall–Kier alpha value is -0.830. The normalized spacial score (nSPS) is 22.3. The number of carbonyl (C=O) groups is 1. The number of aliphatic hydroxyl groups excluding tert-OH is 1. The van der Waals surface area contributed by atoms with Crippen LogP contribution in [-0.4, -0.2) is 17.7 Å². The van der Waals surface area contributed by atoms with Crippen molar-refractivity contribution in [2.75, 3.05) is 6.79 Å². The van der Waals surface area contributed by atoms with Crippen molar-refractivity contribution in [2.45, 2.75) is 25.7 Å². The lowest BCUT2D eigenvalue weighted by Gasteiger charge is -2.11. The minimum atomic E-state index is -0.350. The summed E-state index contributed by atoms with van der Waals surface area (Å²) >= 11 is 0. The molecule has 1 N–H and O–H groups in total. The second kappa shape index (κ2) is 4.13. The maximum absolute atomic E-state index is 11.1. The number of aliphatic hydroxyl groups is 1. The lowest BCUT2D eigenvalue weighted by atomic mass is 9.95. The largest absolute Gasteiger partial charge is 0.475 e. The Balaban J connectivity index is 2.47. The van der Waals surface area contributed by atoms with Crippen LogP contribution in [0.2, 0.25) is 0 Å². The molecule has 0 heterocycles. The SMILES string of the molecule is O=C1CCCCC1=COCO. The van der Waals surface area contributed by atoms with Crippen molar-refractivity contribution in [3.63, 3.8) is 0 Å². The molecule has 0 radical (unpaired) electrons. The molecule has 1 rings (SSSR count). The second-order valence-electron chi connectivity index (χ2n) is 2.57. The zero-order valence-corrected chi connectivity index (χ0v) is 6.38. The fraction of sp³-hybridized carbons (Fsp3) is 0.625. The third-order valence-corrected chi connectivity index (χ3v) is 1.76. The van der Waals surface area contributed by atoms with Crippen LogP contribution in [-0.2, 0) is 9.53 Å². The number of ether oxygens (including phenoxy) is 1. The molecule has 11 heavy (non-hydrogen) atoms. The molecule has 0 saturated heterocycles. The third kappa shape index (κ3) is 2.35. The highest BCUT2D eigenvalue weighted by Crippen LogP contribution is 2.19. The van der Waals surface area contributed by atoms with E-state index in [1.54, 1.807) is 0 Å². The van der Waals surface area contributed by atoms with E-state index in [1.807, 2.05) is 0 Å². The van der Waals surface area contributed by atoms with Gasteiger partial charge in [-0.1, -0.05) is 0 Å². The van der Waals surface area contributed by atoms with Crippen molar-refractivity contribution in [1.82, 2.24) is 0 Å². The van der Waals surface area contributed by atoms with E-state index in [2.05, 4.69) is 4.74 Å². The van der Waals surface area contributed by atoms with Crippen LogP contribution in [0.5, 0.6) is 0 Å². The van der Waals surface area contributed by atoms with Gasteiger partial charge in [-0.15, -0.1) is 0 Å². The standard InChI is InChI=1S/C8H12O3/c9-6-11-5-7-3-1-2-4-8(7)10/h5,9H,1-4,6H2. The molecule has 0 spiro atoms. The van der Waals surface area contributed by atoms with Crippen molar-refractivity contribution in [3.05, 3.63) is 11.8 Å². The van der Waals surface area contributed by atoms with E-state index in [-0.39, 0.29) is 12.6 Å². The Morgan fingerprint density at radius 2 is 2.18 bits per heavy atom. The molecular weight excluding hydrogens is 144 g/mol. The summed E-state index contributed by atoms with van der Waals surface area (Å²) in [5.41, 5.74) is 0.713. The van der Waals surface area contributed by atoms with E-state index in [9.17, 15) is 4.79 Å². The number of carbonyl (C=O) groups excluding carboxylic acids is 1. The highest BCUT2D eigenvalue weighted by Gasteiger charge is 2.14. The molecule has 1 aliphatic carbocycles. The minimum Gasteiger partial charge on any atom is -0.475 e. The Morgan fingerprint density at radius 3 is 2.82 bits per heavy atom. The lowest BCUT2D eigenvalue weighted by molar-refractivity contribution is -0.116. The van der Waals surface area contributed by atoms with Crippen LogP contribution in [0.15, 0.2) is 11.8 Å². The molecule has 1 fully saturated rings. The van der Waals surface area contributed by atoms with E-state index in [1.165, 1.54) is 6.26 Å². The van der Waals surface area contributed by atoms with Crippen LogP contribution < -0.4 is 0 Å². The summed E-state index contributed by atoms with van der Waals surface area (Å²) in [5.74, 6) is 0.157. The summed E-state index contributed by atoms with van der Waals surface area (Å²) in [6.07, 6.45) is 4.82. The molecule has 3 nitrogen and oxygen atoms in total. The Bertz CT molecular complexity index is 172. The molecule has 1 saturated carbocycles. The van der Waals surface area contributed by atoms with Crippen molar-refractivity contribution in [1.29, 1.82) is 0 Å². The number of allylic oxidation sites excluding steroid dienone is 1. The van der Waals surface area contributed by atoms with Crippen LogP contribution in [0.4, 0.5) is 0 Å². The van der Waals surface area contributed by atoms with Gasteiger partial charge in [-0.25, -0.2) is 0 Å². The Morgan fingerprint density at radius 1 is 1.45 bits per heavy atom. The van der Waals surface area contributed by atoms with Gasteiger partial charge in [0.1, 0.15) is 0 Å². The van der Waals surface area contributed by atoms with Gasteiger partial charge in [-0.05, 0) is 19.3 Å². The first-order valence-electron chi connectivity index (χ1n) is 3.79. The average Bonchev–Trinajstić information content (AvgIpc) is 2.03. The molecule has 0 aromatic heterocycles. The van der Waals surface area contributed by atoms with Crippen molar-refractivity contribution >= 4 is 5.78 Å². The predicted octanol–water partition coefficient (Wildman–Crippen LogP) is 0.980. The summed E-state index contributed by atoms with van der Waals surface area (Å²) in [4.78, 5) is 11.1. The van der Waals surface area contributed by atoms with E-state index in [0.717, 1.165) is 19.3 Å². The number of ketones is 1. The average molecular weight is 156 g/mol. The summed E-state index contributed by atoms with van der Waals surface area (Å²) in [6, 6.07) is 0. The first-order valence-corrected chi connectivity index (χ1v) is 3.79. The number of rotatable bonds is 2. The van der Waals surface area contributed by atoms with Gasteiger partial charge in [0.15, 0.2) is 12.6 Å². The van der Waals surface area contributed by atoms with Crippen LogP contribution in [0.3, 0.4) is 0 Å². The molecule has 1 aliphatic rings. The quantitative estimate of drug-likeness (QED) is 0.368. The Labute approximate surface area is 65.7 Å². The van der Waals surface area contributed by atoms with E-state index >= 15 is 0 Å². The number of Topliss-reactive ketones (excluding diaryl/α,β-unsaturated/α-hetero) is 1. The molecule has 0 amide bonds. The van der Waals surface area contributed by atoms with Gasteiger partial charge in [-0.2, -0.15) is 0 Å². The second-order valence-corrected chi connectivity index (χ2v) is 2.57. The third-order valence-electron chi connectivity index (χ3n) is 1.76. The van der Waals surface area contributed by atoms with Gasteiger partial charge >= 0.3 is 0 Å². The number of hydrogen-bond donors (Lipinski definition) is 1. The minimum absolute atomic E-state index is 0.157. The highest BCUT2D eigenvalue weighted by molar-refractivity contribution is 5.95. The first kappa shape index (κ1) is 8.27. The zero-order valence-electron chi connectivity index (χ0n) is 6.38. The highest BCUT2D eigenvalue weighted by atomic mass is 16.6. The van der Waals surface area contributed by atoms with Crippen LogP contribution in [0.1, 0.15) is 25.7 Å². The molecule has 0 atom stereocenters. The molecular formula is C8H12O3. The maximum Gasteiger partial charge on any atom is 0.185 e. The van der Waals surface area contributed by atoms with Gasteiger partial charge in [0, 0.05) is 12.0 Å². The van der Waals surface area contributed by atoms with Crippen molar-refractivity contribution < 1.29 is 14.6 Å². The van der Waals surface area contributed by atoms with Gasteiger partial charge < -0.3 is 9.84 Å². The smallest absolute Gasteiger partial charge is 0.185 e. The van der Waals surface area contributed by atoms with Gasteiger partial charge in [0.2, 0.25) is 0 Å². The van der Waals surface area contributed by atoms with E-state index < -0.39 is 0 Å². The van der Waals surface area contributed by atoms with Crippen LogP contribution in [0, 0.1) is 0 Å². The van der Waals surface area contributed by atoms with Crippen molar-refractivity contribution in [2.24, 2.45) is 0 Å².